The van der Waals surface area contributed by atoms with Gasteiger partial charge in [0.25, 0.3) is 5.24 Å². The van der Waals surface area contributed by atoms with Crippen molar-refractivity contribution in [2.45, 2.75) is 57.5 Å². The number of amides is 3. The van der Waals surface area contributed by atoms with Gasteiger partial charge in [0.05, 0.1) is 11.4 Å². The predicted molar refractivity (Wildman–Crippen MR) is 160 cm³/mol. The van der Waals surface area contributed by atoms with Crippen LogP contribution in [0.5, 0.6) is 17.2 Å². The zero-order valence-corrected chi connectivity index (χ0v) is 26.7. The van der Waals surface area contributed by atoms with Crippen LogP contribution in [0.1, 0.15) is 47.3 Å². The van der Waals surface area contributed by atoms with Gasteiger partial charge in [0.1, 0.15) is 35.6 Å². The monoisotopic (exact) mass is 636 g/mol. The molecule has 1 saturated heterocycles. The number of phenolic OH excluding ortho intramolecular Hbond substituents is 1. The number of hydrogen-bond donors (Lipinski definition) is 3. The van der Waals surface area contributed by atoms with E-state index in [1.165, 1.54) is 14.2 Å². The molecule has 0 bridgehead atoms. The van der Waals surface area contributed by atoms with Crippen LogP contribution in [0.4, 0.5) is 9.59 Å². The molecule has 0 aromatic heterocycles. The fourth-order valence-electron chi connectivity index (χ4n) is 5.04. The minimum absolute atomic E-state index is 0.00180. The van der Waals surface area contributed by atoms with Crippen molar-refractivity contribution in [2.75, 3.05) is 33.5 Å². The van der Waals surface area contributed by atoms with Crippen LogP contribution in [0.25, 0.3) is 0 Å². The van der Waals surface area contributed by atoms with Crippen LogP contribution in [-0.4, -0.2) is 66.7 Å². The van der Waals surface area contributed by atoms with E-state index in [1.54, 1.807) is 26.0 Å². The molecule has 0 radical (unpaired) electrons. The minimum Gasteiger partial charge on any atom is -0.507 e. The van der Waals surface area contributed by atoms with E-state index in [9.17, 15) is 24.1 Å². The Hall–Kier alpha value is -3.25. The Kier molecular flexibility index (Phi) is 10.0. The van der Waals surface area contributed by atoms with Gasteiger partial charge in [-0.3, -0.25) is 19.5 Å². The normalized spacial score (nSPS) is 21.5. The molecular weight excluding hydrogens is 599 g/mol. The molecule has 2 aromatic rings. The molecule has 3 atom stereocenters. The molecule has 0 spiro atoms. The maximum absolute atomic E-state index is 12.8. The first-order valence-corrected chi connectivity index (χ1v) is 16.3. The summed E-state index contributed by atoms with van der Waals surface area (Å²) in [6.07, 6.45) is -0.902. The lowest BCUT2D eigenvalue weighted by Gasteiger charge is -2.41. The maximum atomic E-state index is 12.8. The molecule has 0 aliphatic carbocycles. The lowest BCUT2D eigenvalue weighted by Crippen LogP contribution is -2.45. The summed E-state index contributed by atoms with van der Waals surface area (Å²) in [5, 5.41) is 14.9. The molecule has 14 heteroatoms. The number of rotatable bonds is 11. The van der Waals surface area contributed by atoms with Crippen LogP contribution in [-0.2, 0) is 29.6 Å². The second-order valence-corrected chi connectivity index (χ2v) is 14.3. The van der Waals surface area contributed by atoms with Gasteiger partial charge in [0.2, 0.25) is 5.91 Å². The van der Waals surface area contributed by atoms with E-state index in [2.05, 4.69) is 10.6 Å². The lowest BCUT2D eigenvalue weighted by atomic mass is 9.85. The van der Waals surface area contributed by atoms with Crippen molar-refractivity contribution in [2.24, 2.45) is 0 Å². The van der Waals surface area contributed by atoms with Crippen LogP contribution >= 0.6 is 19.4 Å². The van der Waals surface area contributed by atoms with Gasteiger partial charge in [0.15, 0.2) is 0 Å². The Morgan fingerprint density at radius 3 is 2.42 bits per heavy atom. The van der Waals surface area contributed by atoms with Gasteiger partial charge in [-0.05, 0) is 62.9 Å². The van der Waals surface area contributed by atoms with Crippen molar-refractivity contribution >= 4 is 36.6 Å². The largest absolute Gasteiger partial charge is 0.507 e. The SMILES string of the molecule is COP(=O)(CCNC(=O)OC1CC(C)(COc2ccc(CC3SC(=O)NC3=O)cc2)Oc2c(C)c(C)c(O)c(C)c21)OC. The van der Waals surface area contributed by atoms with E-state index in [4.69, 9.17) is 23.3 Å². The summed E-state index contributed by atoms with van der Waals surface area (Å²) in [6.45, 7) is 7.35. The van der Waals surface area contributed by atoms with Gasteiger partial charge in [0, 0.05) is 38.3 Å². The molecule has 2 aromatic carbocycles. The number of nitrogens with one attached hydrogen (secondary N) is 2. The average molecular weight is 637 g/mol. The molecule has 43 heavy (non-hydrogen) atoms. The molecule has 0 saturated carbocycles. The average Bonchev–Trinajstić information content (AvgIpc) is 3.29. The third-order valence-electron chi connectivity index (χ3n) is 7.67. The van der Waals surface area contributed by atoms with Crippen molar-refractivity contribution in [3.8, 4) is 17.2 Å². The zero-order valence-electron chi connectivity index (χ0n) is 25.0. The fraction of sp³-hybridized carbons (Fsp3) is 0.483. The van der Waals surface area contributed by atoms with Crippen molar-refractivity contribution in [1.82, 2.24) is 10.6 Å². The van der Waals surface area contributed by atoms with E-state index < -0.39 is 30.6 Å². The number of phenols is 1. The second-order valence-electron chi connectivity index (χ2n) is 10.8. The van der Waals surface area contributed by atoms with E-state index in [1.807, 2.05) is 26.0 Å². The number of hydrogen-bond acceptors (Lipinski definition) is 11. The summed E-state index contributed by atoms with van der Waals surface area (Å²) >= 11 is 0.984. The summed E-state index contributed by atoms with van der Waals surface area (Å²) in [5.41, 5.74) is 2.47. The molecule has 2 aliphatic heterocycles. The first kappa shape index (κ1) is 32.7. The van der Waals surface area contributed by atoms with Crippen molar-refractivity contribution in [1.29, 1.82) is 0 Å². The van der Waals surface area contributed by atoms with Crippen molar-refractivity contribution in [3.63, 3.8) is 0 Å². The number of fused-ring (bicyclic) bond motifs is 1. The fourth-order valence-corrected chi connectivity index (χ4v) is 6.80. The van der Waals surface area contributed by atoms with Gasteiger partial charge in [-0.15, -0.1) is 0 Å². The number of ether oxygens (including phenoxy) is 3. The Morgan fingerprint density at radius 2 is 1.81 bits per heavy atom. The highest BCUT2D eigenvalue weighted by Gasteiger charge is 2.43. The molecule has 1 fully saturated rings. The predicted octanol–water partition coefficient (Wildman–Crippen LogP) is 5.08. The highest BCUT2D eigenvalue weighted by Crippen LogP contribution is 2.49. The van der Waals surface area contributed by atoms with Gasteiger partial charge in [-0.2, -0.15) is 0 Å². The molecule has 3 unspecified atom stereocenters. The summed E-state index contributed by atoms with van der Waals surface area (Å²) in [6, 6.07) is 7.25. The second kappa shape index (κ2) is 13.2. The van der Waals surface area contributed by atoms with Gasteiger partial charge in [-0.1, -0.05) is 23.9 Å². The Balaban J connectivity index is 1.48. The molecule has 12 nitrogen and oxygen atoms in total. The Labute approximate surface area is 254 Å². The third-order valence-corrected chi connectivity index (χ3v) is 10.5. The van der Waals surface area contributed by atoms with Crippen LogP contribution in [0.15, 0.2) is 24.3 Å². The molecule has 3 amide bonds. The van der Waals surface area contributed by atoms with Crippen LogP contribution in [0, 0.1) is 20.8 Å². The molecule has 2 heterocycles. The van der Waals surface area contributed by atoms with Crippen LogP contribution in [0.2, 0.25) is 0 Å². The van der Waals surface area contributed by atoms with E-state index in [0.717, 1.165) is 22.9 Å². The zero-order chi connectivity index (χ0) is 31.5. The number of benzene rings is 2. The minimum atomic E-state index is -3.31. The molecule has 3 N–H and O–H groups in total. The van der Waals surface area contributed by atoms with E-state index in [0.29, 0.717) is 34.6 Å². The first-order chi connectivity index (χ1) is 20.3. The summed E-state index contributed by atoms with van der Waals surface area (Å²) in [5.74, 6) is 0.906. The Bertz CT molecular complexity index is 1440. The highest BCUT2D eigenvalue weighted by atomic mass is 32.2. The van der Waals surface area contributed by atoms with Crippen LogP contribution in [0.3, 0.4) is 0 Å². The quantitative estimate of drug-likeness (QED) is 0.282. The summed E-state index contributed by atoms with van der Waals surface area (Å²) in [7, 11) is -0.757. The van der Waals surface area contributed by atoms with Crippen LogP contribution < -0.4 is 20.1 Å². The summed E-state index contributed by atoms with van der Waals surface area (Å²) in [4.78, 5) is 36.2. The van der Waals surface area contributed by atoms with Crippen molar-refractivity contribution in [3.05, 3.63) is 52.1 Å². The number of carbonyl (C=O) groups is 3. The number of imide groups is 1. The molecule has 2 aliphatic rings. The van der Waals surface area contributed by atoms with Gasteiger partial charge < -0.3 is 33.7 Å². The standard InChI is InChI=1S/C29H37N2O10PS/c1-16-17(2)25-23(18(3)24(16)32)21(40-27(34)30-11-12-42(36,37-5)38-6)14-29(4,41-25)15-39-20-9-7-19(8-10-20)13-22-26(33)31-28(35)43-22/h7-10,21-22,32H,11-15H2,1-6H3,(H,30,34)(H,31,33,35). The highest BCUT2D eigenvalue weighted by molar-refractivity contribution is 8.15. The third kappa shape index (κ3) is 7.46. The Morgan fingerprint density at radius 1 is 1.14 bits per heavy atom. The van der Waals surface area contributed by atoms with Crippen molar-refractivity contribution < 1.29 is 47.3 Å². The maximum Gasteiger partial charge on any atom is 0.407 e. The topological polar surface area (TPSA) is 159 Å². The lowest BCUT2D eigenvalue weighted by molar-refractivity contribution is -0.118. The van der Waals surface area contributed by atoms with Gasteiger partial charge >= 0.3 is 13.7 Å². The van der Waals surface area contributed by atoms with E-state index in [-0.39, 0.29) is 42.6 Å². The van der Waals surface area contributed by atoms with Gasteiger partial charge in [-0.25, -0.2) is 4.79 Å². The molecule has 4 rings (SSSR count). The summed E-state index contributed by atoms with van der Waals surface area (Å²) < 4.78 is 40.6. The first-order valence-electron chi connectivity index (χ1n) is 13.7. The number of thioether (sulfide) groups is 1. The van der Waals surface area contributed by atoms with E-state index >= 15 is 0 Å². The number of aromatic hydroxyl groups is 1. The number of carbonyl (C=O) groups excluding carboxylic acids is 3. The smallest absolute Gasteiger partial charge is 0.407 e. The molecule has 234 valence electrons. The number of alkyl carbamates (subject to hydrolysis) is 1. The molecular formula is C29H37N2O10PS.